The van der Waals surface area contributed by atoms with E-state index in [1.54, 1.807) is 42.1 Å². The first-order chi connectivity index (χ1) is 11.6. The molecule has 0 bridgehead atoms. The Morgan fingerprint density at radius 3 is 2.67 bits per heavy atom. The second-order valence-electron chi connectivity index (χ2n) is 5.08. The normalized spacial score (nSPS) is 10.6. The summed E-state index contributed by atoms with van der Waals surface area (Å²) in [6.07, 6.45) is 0. The van der Waals surface area contributed by atoms with E-state index in [9.17, 15) is 4.79 Å². The van der Waals surface area contributed by atoms with Crippen LogP contribution in [0, 0.1) is 6.92 Å². The average Bonchev–Trinajstić information content (AvgIpc) is 3.21. The van der Waals surface area contributed by atoms with Gasteiger partial charge in [0.25, 0.3) is 5.91 Å². The quantitative estimate of drug-likeness (QED) is 0.773. The topological polar surface area (TPSA) is 95.1 Å². The highest BCUT2D eigenvalue weighted by molar-refractivity contribution is 6.01. The summed E-state index contributed by atoms with van der Waals surface area (Å²) in [6.45, 7) is 4.55. The number of amides is 1. The van der Waals surface area contributed by atoms with Gasteiger partial charge in [0.05, 0.1) is 7.11 Å². The predicted molar refractivity (Wildman–Crippen MR) is 86.9 cm³/mol. The van der Waals surface area contributed by atoms with Crippen molar-refractivity contribution in [3.63, 3.8) is 0 Å². The highest BCUT2D eigenvalue weighted by Crippen LogP contribution is 2.22. The van der Waals surface area contributed by atoms with Crippen LogP contribution in [0.3, 0.4) is 0 Å². The van der Waals surface area contributed by atoms with Crippen LogP contribution in [0.5, 0.6) is 5.75 Å². The van der Waals surface area contributed by atoms with Crippen LogP contribution >= 0.6 is 0 Å². The third-order valence-corrected chi connectivity index (χ3v) is 3.50. The maximum Gasteiger partial charge on any atom is 0.322 e. The minimum absolute atomic E-state index is 0.0227. The van der Waals surface area contributed by atoms with Crippen molar-refractivity contribution in [1.29, 1.82) is 0 Å². The van der Waals surface area contributed by atoms with Gasteiger partial charge in [-0.3, -0.25) is 14.8 Å². The summed E-state index contributed by atoms with van der Waals surface area (Å²) in [7, 11) is 1.59. The van der Waals surface area contributed by atoms with Gasteiger partial charge in [-0.25, -0.2) is 0 Å². The molecule has 3 rings (SSSR count). The fourth-order valence-corrected chi connectivity index (χ4v) is 2.23. The molecule has 0 saturated carbocycles. The Morgan fingerprint density at radius 1 is 1.29 bits per heavy atom. The molecule has 124 valence electrons. The Hall–Kier alpha value is -3.16. The van der Waals surface area contributed by atoms with Crippen molar-refractivity contribution >= 4 is 11.9 Å². The fourth-order valence-electron chi connectivity index (χ4n) is 2.23. The van der Waals surface area contributed by atoms with E-state index in [0.29, 0.717) is 18.1 Å². The Labute approximate surface area is 138 Å². The lowest BCUT2D eigenvalue weighted by Crippen LogP contribution is -2.13. The molecule has 2 heterocycles. The summed E-state index contributed by atoms with van der Waals surface area (Å²) in [5.41, 5.74) is 1.94. The van der Waals surface area contributed by atoms with E-state index in [0.717, 1.165) is 17.0 Å². The summed E-state index contributed by atoms with van der Waals surface area (Å²) >= 11 is 0. The minimum atomic E-state index is -0.393. The molecule has 0 unspecified atom stereocenters. The predicted octanol–water partition coefficient (Wildman–Crippen LogP) is 2.52. The van der Waals surface area contributed by atoms with Gasteiger partial charge >= 0.3 is 6.01 Å². The van der Waals surface area contributed by atoms with E-state index in [1.807, 2.05) is 13.8 Å². The van der Waals surface area contributed by atoms with E-state index in [1.165, 1.54) is 0 Å². The summed E-state index contributed by atoms with van der Waals surface area (Å²) in [5, 5.41) is 14.5. The molecular weight excluding hydrogens is 310 g/mol. The summed E-state index contributed by atoms with van der Waals surface area (Å²) < 4.78 is 12.3. The smallest absolute Gasteiger partial charge is 0.322 e. The number of benzene rings is 1. The van der Waals surface area contributed by atoms with Gasteiger partial charge in [-0.15, -0.1) is 5.10 Å². The molecule has 0 fully saturated rings. The SMILES string of the molecule is CCn1nc(C(=O)Nc2nnc(-c3ccc(OC)cc3)o2)cc1C. The highest BCUT2D eigenvalue weighted by atomic mass is 16.5. The number of nitrogens with zero attached hydrogens (tertiary/aromatic N) is 4. The van der Waals surface area contributed by atoms with Crippen LogP contribution in [0.2, 0.25) is 0 Å². The number of carbonyl (C=O) groups is 1. The molecule has 0 saturated heterocycles. The van der Waals surface area contributed by atoms with Crippen molar-refractivity contribution in [2.45, 2.75) is 20.4 Å². The maximum atomic E-state index is 12.2. The highest BCUT2D eigenvalue weighted by Gasteiger charge is 2.16. The van der Waals surface area contributed by atoms with Crippen molar-refractivity contribution in [3.8, 4) is 17.2 Å². The molecule has 24 heavy (non-hydrogen) atoms. The van der Waals surface area contributed by atoms with E-state index >= 15 is 0 Å². The molecular formula is C16H17N5O3. The molecule has 0 spiro atoms. The second kappa shape index (κ2) is 6.53. The molecule has 0 radical (unpaired) electrons. The van der Waals surface area contributed by atoms with Gasteiger partial charge in [0, 0.05) is 17.8 Å². The first kappa shape index (κ1) is 15.7. The monoisotopic (exact) mass is 327 g/mol. The third-order valence-electron chi connectivity index (χ3n) is 3.50. The molecule has 1 aromatic carbocycles. The molecule has 1 amide bonds. The Kier molecular flexibility index (Phi) is 4.28. The van der Waals surface area contributed by atoms with Gasteiger partial charge in [-0.2, -0.15) is 5.10 Å². The van der Waals surface area contributed by atoms with Gasteiger partial charge in [-0.1, -0.05) is 5.10 Å². The molecule has 0 aliphatic heterocycles. The summed E-state index contributed by atoms with van der Waals surface area (Å²) in [5.74, 6) is 0.645. The number of nitrogens with one attached hydrogen (secondary N) is 1. The zero-order valence-corrected chi connectivity index (χ0v) is 13.6. The van der Waals surface area contributed by atoms with Crippen LogP contribution in [-0.4, -0.2) is 33.0 Å². The van der Waals surface area contributed by atoms with E-state index in [4.69, 9.17) is 9.15 Å². The van der Waals surface area contributed by atoms with Gasteiger partial charge < -0.3 is 9.15 Å². The first-order valence-electron chi connectivity index (χ1n) is 7.44. The number of aromatic nitrogens is 4. The summed E-state index contributed by atoms with van der Waals surface area (Å²) in [6, 6.07) is 8.90. The van der Waals surface area contributed by atoms with Gasteiger partial charge in [-0.05, 0) is 44.2 Å². The number of aryl methyl sites for hydroxylation is 2. The van der Waals surface area contributed by atoms with Crippen LogP contribution in [0.15, 0.2) is 34.7 Å². The average molecular weight is 327 g/mol. The van der Waals surface area contributed by atoms with Crippen LogP contribution < -0.4 is 10.1 Å². The largest absolute Gasteiger partial charge is 0.497 e. The van der Waals surface area contributed by atoms with E-state index in [-0.39, 0.29) is 6.01 Å². The number of hydrogen-bond donors (Lipinski definition) is 1. The Bertz CT molecular complexity index is 851. The molecule has 0 aliphatic rings. The second-order valence-corrected chi connectivity index (χ2v) is 5.08. The summed E-state index contributed by atoms with van der Waals surface area (Å²) in [4.78, 5) is 12.2. The van der Waals surface area contributed by atoms with Gasteiger partial charge in [0.15, 0.2) is 5.69 Å². The molecule has 8 nitrogen and oxygen atoms in total. The van der Waals surface area contributed by atoms with Crippen molar-refractivity contribution in [3.05, 3.63) is 41.7 Å². The van der Waals surface area contributed by atoms with Crippen molar-refractivity contribution in [1.82, 2.24) is 20.0 Å². The lowest BCUT2D eigenvalue weighted by molar-refractivity contribution is 0.101. The number of anilines is 1. The Balaban J connectivity index is 1.74. The zero-order chi connectivity index (χ0) is 17.1. The third kappa shape index (κ3) is 3.12. The molecule has 8 heteroatoms. The molecule has 0 aliphatic carbocycles. The molecule has 1 N–H and O–H groups in total. The molecule has 2 aromatic heterocycles. The van der Waals surface area contributed by atoms with Crippen LogP contribution in [0.25, 0.3) is 11.5 Å². The fraction of sp³-hybridized carbons (Fsp3) is 0.250. The van der Waals surface area contributed by atoms with Crippen LogP contribution in [0.4, 0.5) is 6.01 Å². The minimum Gasteiger partial charge on any atom is -0.497 e. The van der Waals surface area contributed by atoms with Crippen molar-refractivity contribution in [2.24, 2.45) is 0 Å². The zero-order valence-electron chi connectivity index (χ0n) is 13.6. The Morgan fingerprint density at radius 2 is 2.04 bits per heavy atom. The van der Waals surface area contributed by atoms with Crippen molar-refractivity contribution in [2.75, 3.05) is 12.4 Å². The number of methoxy groups -OCH3 is 1. The first-order valence-corrected chi connectivity index (χ1v) is 7.44. The number of rotatable bonds is 5. The van der Waals surface area contributed by atoms with E-state index < -0.39 is 5.91 Å². The van der Waals surface area contributed by atoms with Crippen molar-refractivity contribution < 1.29 is 13.9 Å². The van der Waals surface area contributed by atoms with Crippen LogP contribution in [0.1, 0.15) is 23.1 Å². The lowest BCUT2D eigenvalue weighted by Gasteiger charge is -1.99. The van der Waals surface area contributed by atoms with Crippen LogP contribution in [-0.2, 0) is 6.54 Å². The number of ether oxygens (including phenoxy) is 1. The molecule has 0 atom stereocenters. The number of carbonyl (C=O) groups excluding carboxylic acids is 1. The standard InChI is InChI=1S/C16H17N5O3/c1-4-21-10(2)9-13(20-21)14(22)17-16-19-18-15(24-16)11-5-7-12(23-3)8-6-11/h5-9H,4H2,1-3H3,(H,17,19,22). The van der Waals surface area contributed by atoms with Gasteiger partial charge in [0.1, 0.15) is 5.75 Å². The van der Waals surface area contributed by atoms with E-state index in [2.05, 4.69) is 20.6 Å². The number of hydrogen-bond acceptors (Lipinski definition) is 6. The lowest BCUT2D eigenvalue weighted by atomic mass is 10.2. The molecule has 3 aromatic rings. The maximum absolute atomic E-state index is 12.2. The van der Waals surface area contributed by atoms with Gasteiger partial charge in [0.2, 0.25) is 5.89 Å².